The maximum Gasteiger partial charge on any atom is 0.303 e. The number of aliphatic carboxylic acids is 1. The molecule has 4 aromatic rings. The molecule has 0 radical (unpaired) electrons. The highest BCUT2D eigenvalue weighted by atomic mass is 16.4. The van der Waals surface area contributed by atoms with E-state index in [1.807, 2.05) is 60.7 Å². The number of aromatic nitrogens is 6. The Morgan fingerprint density at radius 2 is 1.36 bits per heavy atom. The van der Waals surface area contributed by atoms with Crippen molar-refractivity contribution in [1.82, 2.24) is 30.4 Å². The lowest BCUT2D eigenvalue weighted by molar-refractivity contribution is -0.137. The molecule has 172 valence electrons. The van der Waals surface area contributed by atoms with E-state index in [-0.39, 0.29) is 12.3 Å². The standard InChI is InChI=1S/C11H12N4O.C9H10O2.C2H4N4/c16-10(14-11-12-8-13-15-11)7-6-9-4-2-1-3-5-9;10-9(11)7-6-8-4-2-1-3-5-8;3-2-4-1-5-6-2/h1-5,8H,6-7H2,(H2,12,13,14,15,16);1-5H,6-7H2,(H,10,11);1H,(H3,3,4,5,6). The number of carboxylic acids is 1. The predicted molar refractivity (Wildman–Crippen MR) is 123 cm³/mol. The van der Waals surface area contributed by atoms with Crippen LogP contribution in [-0.2, 0) is 22.4 Å². The van der Waals surface area contributed by atoms with E-state index in [4.69, 9.17) is 10.8 Å². The number of amides is 1. The molecule has 2 aromatic heterocycles. The van der Waals surface area contributed by atoms with Crippen molar-refractivity contribution in [2.45, 2.75) is 25.7 Å². The number of hydrogen-bond acceptors (Lipinski definition) is 7. The van der Waals surface area contributed by atoms with Crippen LogP contribution in [0.25, 0.3) is 0 Å². The van der Waals surface area contributed by atoms with Gasteiger partial charge in [0, 0.05) is 12.8 Å². The van der Waals surface area contributed by atoms with Crippen LogP contribution in [0.2, 0.25) is 0 Å². The van der Waals surface area contributed by atoms with Gasteiger partial charge < -0.3 is 10.8 Å². The van der Waals surface area contributed by atoms with Gasteiger partial charge in [0.2, 0.25) is 17.8 Å². The number of carboxylic acid groups (broad SMARTS) is 1. The first-order valence-electron chi connectivity index (χ1n) is 10.1. The minimum Gasteiger partial charge on any atom is -0.481 e. The van der Waals surface area contributed by atoms with Crippen LogP contribution in [0.3, 0.4) is 0 Å². The number of H-pyrrole nitrogens is 2. The number of nitrogen functional groups attached to an aromatic ring is 1. The SMILES string of the molecule is Nc1ncn[nH]1.O=C(CCc1ccccc1)Nc1ncn[nH]1.O=C(O)CCc1ccccc1. The molecular weight excluding hydrogens is 424 g/mol. The molecule has 2 heterocycles. The summed E-state index contributed by atoms with van der Waals surface area (Å²) in [4.78, 5) is 29.0. The van der Waals surface area contributed by atoms with E-state index in [0.29, 0.717) is 24.7 Å². The molecule has 1 amide bonds. The number of anilines is 2. The van der Waals surface area contributed by atoms with Crippen molar-refractivity contribution < 1.29 is 14.7 Å². The van der Waals surface area contributed by atoms with E-state index in [1.54, 1.807) is 0 Å². The Bertz CT molecular complexity index is 1040. The number of aryl methyl sites for hydroxylation is 2. The summed E-state index contributed by atoms with van der Waals surface area (Å²) in [6.45, 7) is 0. The van der Waals surface area contributed by atoms with Crippen molar-refractivity contribution in [1.29, 1.82) is 0 Å². The summed E-state index contributed by atoms with van der Waals surface area (Å²) >= 11 is 0. The van der Waals surface area contributed by atoms with Gasteiger partial charge in [0.25, 0.3) is 0 Å². The monoisotopic (exact) mass is 450 g/mol. The molecule has 0 fully saturated rings. The highest BCUT2D eigenvalue weighted by Crippen LogP contribution is 2.04. The summed E-state index contributed by atoms with van der Waals surface area (Å²) in [5.74, 6) is -0.0671. The molecule has 11 heteroatoms. The van der Waals surface area contributed by atoms with Gasteiger partial charge in [0.1, 0.15) is 12.7 Å². The smallest absolute Gasteiger partial charge is 0.303 e. The van der Waals surface area contributed by atoms with Gasteiger partial charge in [-0.05, 0) is 24.0 Å². The fraction of sp³-hybridized carbons (Fsp3) is 0.182. The Morgan fingerprint density at radius 1 is 0.818 bits per heavy atom. The van der Waals surface area contributed by atoms with Gasteiger partial charge in [-0.2, -0.15) is 15.2 Å². The Hall–Kier alpha value is -4.54. The lowest BCUT2D eigenvalue weighted by atomic mass is 10.1. The van der Waals surface area contributed by atoms with E-state index in [1.165, 1.54) is 12.7 Å². The summed E-state index contributed by atoms with van der Waals surface area (Å²) in [5, 5.41) is 23.1. The quantitative estimate of drug-likeness (QED) is 0.285. The summed E-state index contributed by atoms with van der Waals surface area (Å²) in [6, 6.07) is 19.5. The van der Waals surface area contributed by atoms with Gasteiger partial charge in [-0.15, -0.1) is 0 Å². The first kappa shape index (κ1) is 24.7. The van der Waals surface area contributed by atoms with E-state index in [0.717, 1.165) is 17.5 Å². The summed E-state index contributed by atoms with van der Waals surface area (Å²) in [6.07, 6.45) is 4.70. The topological polar surface area (TPSA) is 176 Å². The van der Waals surface area contributed by atoms with Crippen molar-refractivity contribution in [3.05, 3.63) is 84.4 Å². The number of nitrogens with zero attached hydrogens (tertiary/aromatic N) is 4. The van der Waals surface area contributed by atoms with Crippen LogP contribution in [0.4, 0.5) is 11.9 Å². The minimum atomic E-state index is -0.742. The third-order valence-electron chi connectivity index (χ3n) is 4.06. The van der Waals surface area contributed by atoms with Crippen LogP contribution < -0.4 is 11.1 Å². The van der Waals surface area contributed by atoms with Gasteiger partial charge in [-0.3, -0.25) is 14.9 Å². The summed E-state index contributed by atoms with van der Waals surface area (Å²) < 4.78 is 0. The maximum absolute atomic E-state index is 11.5. The lowest BCUT2D eigenvalue weighted by Gasteiger charge is -2.01. The lowest BCUT2D eigenvalue weighted by Crippen LogP contribution is -2.13. The van der Waals surface area contributed by atoms with E-state index < -0.39 is 5.97 Å². The van der Waals surface area contributed by atoms with Gasteiger partial charge in [-0.1, -0.05) is 60.7 Å². The number of carbonyl (C=O) groups excluding carboxylic acids is 1. The van der Waals surface area contributed by atoms with Gasteiger partial charge in [0.05, 0.1) is 0 Å². The normalized spacial score (nSPS) is 9.58. The Morgan fingerprint density at radius 3 is 1.79 bits per heavy atom. The van der Waals surface area contributed by atoms with Crippen LogP contribution in [0.15, 0.2) is 73.3 Å². The molecule has 0 bridgehead atoms. The van der Waals surface area contributed by atoms with Crippen LogP contribution in [0.1, 0.15) is 24.0 Å². The number of nitrogens with one attached hydrogen (secondary N) is 3. The van der Waals surface area contributed by atoms with Gasteiger partial charge >= 0.3 is 5.97 Å². The summed E-state index contributed by atoms with van der Waals surface area (Å²) in [5.41, 5.74) is 7.28. The molecule has 33 heavy (non-hydrogen) atoms. The second-order valence-electron chi connectivity index (χ2n) is 6.62. The Labute approximate surface area is 190 Å². The van der Waals surface area contributed by atoms with Gasteiger partial charge in [-0.25, -0.2) is 15.2 Å². The van der Waals surface area contributed by atoms with Crippen LogP contribution in [0, 0.1) is 0 Å². The molecule has 0 saturated carbocycles. The van der Waals surface area contributed by atoms with E-state index in [2.05, 4.69) is 35.7 Å². The summed E-state index contributed by atoms with van der Waals surface area (Å²) in [7, 11) is 0. The zero-order chi connectivity index (χ0) is 23.7. The zero-order valence-electron chi connectivity index (χ0n) is 17.9. The third-order valence-corrected chi connectivity index (χ3v) is 4.06. The first-order valence-corrected chi connectivity index (χ1v) is 10.1. The van der Waals surface area contributed by atoms with Crippen molar-refractivity contribution in [2.24, 2.45) is 0 Å². The molecule has 0 aliphatic rings. The zero-order valence-corrected chi connectivity index (χ0v) is 17.9. The second-order valence-corrected chi connectivity index (χ2v) is 6.62. The van der Waals surface area contributed by atoms with Crippen LogP contribution in [0.5, 0.6) is 0 Å². The molecule has 0 spiro atoms. The molecule has 2 aromatic carbocycles. The number of nitrogens with two attached hydrogens (primary N) is 1. The number of rotatable bonds is 7. The first-order chi connectivity index (χ1) is 16.0. The molecule has 0 aliphatic heterocycles. The highest BCUT2D eigenvalue weighted by Gasteiger charge is 2.04. The van der Waals surface area contributed by atoms with Crippen molar-refractivity contribution in [3.8, 4) is 0 Å². The largest absolute Gasteiger partial charge is 0.481 e. The molecule has 11 nitrogen and oxygen atoms in total. The minimum absolute atomic E-state index is 0.0689. The fourth-order valence-electron chi connectivity index (χ4n) is 2.47. The highest BCUT2D eigenvalue weighted by molar-refractivity contribution is 5.88. The molecule has 6 N–H and O–H groups in total. The average molecular weight is 451 g/mol. The van der Waals surface area contributed by atoms with Crippen LogP contribution >= 0.6 is 0 Å². The average Bonchev–Trinajstić information content (AvgIpc) is 3.53. The van der Waals surface area contributed by atoms with Crippen molar-refractivity contribution in [3.63, 3.8) is 0 Å². The second kappa shape index (κ2) is 14.5. The molecular formula is C22H26N8O3. The number of hydrogen-bond donors (Lipinski definition) is 5. The molecule has 0 atom stereocenters. The molecule has 0 unspecified atom stereocenters. The molecule has 4 rings (SSSR count). The third kappa shape index (κ3) is 11.4. The molecule has 0 aliphatic carbocycles. The Kier molecular flexibility index (Phi) is 10.8. The number of carbonyl (C=O) groups is 2. The fourth-order valence-corrected chi connectivity index (χ4v) is 2.47. The maximum atomic E-state index is 11.5. The molecule has 0 saturated heterocycles. The van der Waals surface area contributed by atoms with Crippen LogP contribution in [-0.4, -0.2) is 47.3 Å². The number of aromatic amines is 2. The Balaban J connectivity index is 0.000000195. The van der Waals surface area contributed by atoms with E-state index in [9.17, 15) is 9.59 Å². The predicted octanol–water partition coefficient (Wildman–Crippen LogP) is 2.47. The number of benzene rings is 2. The van der Waals surface area contributed by atoms with Crippen molar-refractivity contribution in [2.75, 3.05) is 11.1 Å². The van der Waals surface area contributed by atoms with E-state index >= 15 is 0 Å². The van der Waals surface area contributed by atoms with Gasteiger partial charge in [0.15, 0.2) is 0 Å². The van der Waals surface area contributed by atoms with Crippen molar-refractivity contribution >= 4 is 23.8 Å².